The Hall–Kier alpha value is -2.15. The van der Waals surface area contributed by atoms with E-state index >= 15 is 0 Å². The van der Waals surface area contributed by atoms with Crippen LogP contribution >= 0.6 is 0 Å². The van der Waals surface area contributed by atoms with E-state index in [0.29, 0.717) is 5.56 Å². The van der Waals surface area contributed by atoms with Gasteiger partial charge in [-0.15, -0.1) is 0 Å². The summed E-state index contributed by atoms with van der Waals surface area (Å²) in [6.07, 6.45) is 3.32. The zero-order valence-corrected chi connectivity index (χ0v) is 12.6. The number of aryl methyl sites for hydroxylation is 3. The number of sulfone groups is 1. The van der Waals surface area contributed by atoms with Crippen LogP contribution < -0.4 is 0 Å². The number of aromatic nitrogens is 2. The molecule has 21 heavy (non-hydrogen) atoms. The van der Waals surface area contributed by atoms with E-state index in [0.717, 1.165) is 5.82 Å². The summed E-state index contributed by atoms with van der Waals surface area (Å²) < 4.78 is 26.3. The summed E-state index contributed by atoms with van der Waals surface area (Å²) in [7, 11) is -3.54. The lowest BCUT2D eigenvalue weighted by atomic mass is 10.1. The first-order chi connectivity index (χ1) is 9.81. The van der Waals surface area contributed by atoms with Crippen LogP contribution in [0.15, 0.2) is 35.5 Å². The highest BCUT2D eigenvalue weighted by Crippen LogP contribution is 2.17. The first kappa shape index (κ1) is 15.2. The Labute approximate surface area is 123 Å². The summed E-state index contributed by atoms with van der Waals surface area (Å²) in [6, 6.07) is 4.17. The van der Waals surface area contributed by atoms with Crippen molar-refractivity contribution >= 4 is 15.8 Å². The van der Waals surface area contributed by atoms with E-state index in [4.69, 9.17) is 5.11 Å². The molecule has 0 aliphatic heterocycles. The van der Waals surface area contributed by atoms with Gasteiger partial charge in [-0.3, -0.25) is 0 Å². The second-order valence-corrected chi connectivity index (χ2v) is 6.88. The van der Waals surface area contributed by atoms with E-state index < -0.39 is 15.8 Å². The molecule has 0 bridgehead atoms. The fourth-order valence-electron chi connectivity index (χ4n) is 2.00. The van der Waals surface area contributed by atoms with Crippen molar-refractivity contribution in [1.29, 1.82) is 0 Å². The van der Waals surface area contributed by atoms with Crippen molar-refractivity contribution in [1.82, 2.24) is 9.55 Å². The number of carboxylic acid groups (broad SMARTS) is 1. The summed E-state index contributed by atoms with van der Waals surface area (Å²) in [5.41, 5.74) is 0.543. The average molecular weight is 308 g/mol. The number of hydrogen-bond donors (Lipinski definition) is 1. The molecule has 6 nitrogen and oxygen atoms in total. The van der Waals surface area contributed by atoms with E-state index in [9.17, 15) is 13.2 Å². The SMILES string of the molecule is Cc1ccc(S(=O)(=O)CCn2ccnc2C)cc1C(=O)O. The quantitative estimate of drug-likeness (QED) is 0.907. The number of imidazole rings is 1. The number of aromatic carboxylic acids is 1. The van der Waals surface area contributed by atoms with Crippen molar-refractivity contribution in [2.75, 3.05) is 5.75 Å². The molecule has 0 aliphatic carbocycles. The molecule has 0 radical (unpaired) electrons. The van der Waals surface area contributed by atoms with Crippen LogP contribution in [0.25, 0.3) is 0 Å². The highest BCUT2D eigenvalue weighted by Gasteiger charge is 2.18. The number of carboxylic acids is 1. The summed E-state index contributed by atoms with van der Waals surface area (Å²) in [5.74, 6) is -0.498. The van der Waals surface area contributed by atoms with Gasteiger partial charge in [0.15, 0.2) is 9.84 Å². The third kappa shape index (κ3) is 3.30. The van der Waals surface area contributed by atoms with Gasteiger partial charge in [-0.05, 0) is 31.5 Å². The summed E-state index contributed by atoms with van der Waals surface area (Å²) in [5, 5.41) is 9.07. The molecular formula is C14H16N2O4S. The third-order valence-electron chi connectivity index (χ3n) is 3.32. The van der Waals surface area contributed by atoms with Gasteiger partial charge in [0, 0.05) is 18.9 Å². The molecular weight excluding hydrogens is 292 g/mol. The summed E-state index contributed by atoms with van der Waals surface area (Å²) in [6.45, 7) is 3.71. The zero-order chi connectivity index (χ0) is 15.6. The monoisotopic (exact) mass is 308 g/mol. The fourth-order valence-corrected chi connectivity index (χ4v) is 3.25. The average Bonchev–Trinajstić information content (AvgIpc) is 2.82. The van der Waals surface area contributed by atoms with Crippen LogP contribution in [0, 0.1) is 13.8 Å². The maximum atomic E-state index is 12.3. The number of hydrogen-bond acceptors (Lipinski definition) is 4. The molecule has 0 saturated carbocycles. The topological polar surface area (TPSA) is 89.3 Å². The smallest absolute Gasteiger partial charge is 0.335 e. The van der Waals surface area contributed by atoms with E-state index in [1.807, 2.05) is 0 Å². The van der Waals surface area contributed by atoms with Gasteiger partial charge < -0.3 is 9.67 Å². The number of rotatable bonds is 5. The normalized spacial score (nSPS) is 11.5. The Morgan fingerprint density at radius 1 is 1.33 bits per heavy atom. The van der Waals surface area contributed by atoms with E-state index in [1.54, 1.807) is 30.8 Å². The lowest BCUT2D eigenvalue weighted by Crippen LogP contribution is -2.14. The van der Waals surface area contributed by atoms with Gasteiger partial charge in [-0.2, -0.15) is 0 Å². The second-order valence-electron chi connectivity index (χ2n) is 4.77. The molecule has 2 rings (SSSR count). The van der Waals surface area contributed by atoms with Gasteiger partial charge in [-0.25, -0.2) is 18.2 Å². The molecule has 1 aromatic carbocycles. The Bertz CT molecular complexity index is 778. The first-order valence-electron chi connectivity index (χ1n) is 6.36. The zero-order valence-electron chi connectivity index (χ0n) is 11.8. The van der Waals surface area contributed by atoms with Gasteiger partial charge >= 0.3 is 5.97 Å². The molecule has 0 amide bonds. The predicted octanol–water partition coefficient (Wildman–Crippen LogP) is 1.67. The van der Waals surface area contributed by atoms with Crippen molar-refractivity contribution in [3.8, 4) is 0 Å². The molecule has 0 fully saturated rings. The lowest BCUT2D eigenvalue weighted by molar-refractivity contribution is 0.0696. The van der Waals surface area contributed by atoms with Crippen molar-refractivity contribution < 1.29 is 18.3 Å². The van der Waals surface area contributed by atoms with Gasteiger partial charge in [-0.1, -0.05) is 6.07 Å². The van der Waals surface area contributed by atoms with Crippen LogP contribution in [0.5, 0.6) is 0 Å². The Morgan fingerprint density at radius 3 is 2.62 bits per heavy atom. The van der Waals surface area contributed by atoms with Gasteiger partial charge in [0.1, 0.15) is 5.82 Å². The van der Waals surface area contributed by atoms with Gasteiger partial charge in [0.25, 0.3) is 0 Å². The summed E-state index contributed by atoms with van der Waals surface area (Å²) in [4.78, 5) is 15.1. The van der Waals surface area contributed by atoms with Crippen LogP contribution in [-0.4, -0.2) is 34.8 Å². The molecule has 0 atom stereocenters. The van der Waals surface area contributed by atoms with E-state index in [1.165, 1.54) is 18.2 Å². The van der Waals surface area contributed by atoms with Crippen molar-refractivity contribution in [3.63, 3.8) is 0 Å². The van der Waals surface area contributed by atoms with Gasteiger partial charge in [0.2, 0.25) is 0 Å². The minimum Gasteiger partial charge on any atom is -0.478 e. The Kier molecular flexibility index (Phi) is 4.13. The van der Waals surface area contributed by atoms with E-state index in [-0.39, 0.29) is 22.8 Å². The maximum absolute atomic E-state index is 12.3. The molecule has 0 aliphatic rings. The number of nitrogens with zero attached hydrogens (tertiary/aromatic N) is 2. The van der Waals surface area contributed by atoms with E-state index in [2.05, 4.69) is 4.98 Å². The summed E-state index contributed by atoms with van der Waals surface area (Å²) >= 11 is 0. The Balaban J connectivity index is 2.26. The lowest BCUT2D eigenvalue weighted by Gasteiger charge is -2.08. The molecule has 1 aromatic heterocycles. The molecule has 2 aromatic rings. The van der Waals surface area contributed by atoms with Crippen molar-refractivity contribution in [3.05, 3.63) is 47.5 Å². The highest BCUT2D eigenvalue weighted by atomic mass is 32.2. The molecule has 0 unspecified atom stereocenters. The molecule has 0 saturated heterocycles. The second kappa shape index (κ2) is 5.69. The van der Waals surface area contributed by atoms with Crippen LogP contribution in [0.1, 0.15) is 21.7 Å². The van der Waals surface area contributed by atoms with Crippen LogP contribution in [0.4, 0.5) is 0 Å². The largest absolute Gasteiger partial charge is 0.478 e. The molecule has 1 heterocycles. The van der Waals surface area contributed by atoms with Gasteiger partial charge in [0.05, 0.1) is 16.2 Å². The van der Waals surface area contributed by atoms with Crippen molar-refractivity contribution in [2.24, 2.45) is 0 Å². The molecule has 0 spiro atoms. The fraction of sp³-hybridized carbons (Fsp3) is 0.286. The molecule has 7 heteroatoms. The van der Waals surface area contributed by atoms with Crippen LogP contribution in [0.2, 0.25) is 0 Å². The predicted molar refractivity (Wildman–Crippen MR) is 77.2 cm³/mol. The van der Waals surface area contributed by atoms with Crippen molar-refractivity contribution in [2.45, 2.75) is 25.3 Å². The minimum absolute atomic E-state index is 0.00915. The number of carbonyl (C=O) groups is 1. The maximum Gasteiger partial charge on any atom is 0.335 e. The first-order valence-corrected chi connectivity index (χ1v) is 8.01. The minimum atomic E-state index is -3.54. The Morgan fingerprint density at radius 2 is 2.05 bits per heavy atom. The third-order valence-corrected chi connectivity index (χ3v) is 5.02. The van der Waals surface area contributed by atoms with Crippen LogP contribution in [0.3, 0.4) is 0 Å². The number of benzene rings is 1. The molecule has 112 valence electrons. The van der Waals surface area contributed by atoms with Crippen LogP contribution in [-0.2, 0) is 16.4 Å². The standard InChI is InChI=1S/C14H16N2O4S/c1-10-3-4-12(9-13(10)14(17)18)21(19,20)8-7-16-6-5-15-11(16)2/h3-6,9H,7-8H2,1-2H3,(H,17,18). The molecule has 1 N–H and O–H groups in total. The highest BCUT2D eigenvalue weighted by molar-refractivity contribution is 7.91.